The number of H-pyrrole nitrogens is 1. The summed E-state index contributed by atoms with van der Waals surface area (Å²) >= 11 is 0. The number of hydrogen-bond donors (Lipinski definition) is 4. The number of carboxylic acid groups (broad SMARTS) is 1. The predicted molar refractivity (Wildman–Crippen MR) is 192 cm³/mol. The molecular formula is C37H43F3N8O6. The summed E-state index contributed by atoms with van der Waals surface area (Å²) in [6.45, 7) is 7.90. The molecule has 1 atom stereocenters. The van der Waals surface area contributed by atoms with E-state index >= 15 is 0 Å². The van der Waals surface area contributed by atoms with E-state index in [1.54, 1.807) is 30.5 Å². The van der Waals surface area contributed by atoms with Crippen molar-refractivity contribution in [2.45, 2.75) is 77.6 Å². The molecule has 0 unspecified atom stereocenters. The van der Waals surface area contributed by atoms with Crippen molar-refractivity contribution in [2.75, 3.05) is 11.4 Å². The summed E-state index contributed by atoms with van der Waals surface area (Å²) in [6.07, 6.45) is -0.853. The minimum Gasteiger partial charge on any atom is -0.475 e. The van der Waals surface area contributed by atoms with Gasteiger partial charge in [0.25, 0.3) is 5.91 Å². The lowest BCUT2D eigenvalue weighted by Crippen LogP contribution is -2.50. The zero-order valence-electron chi connectivity index (χ0n) is 30.3. The maximum Gasteiger partial charge on any atom is 0.490 e. The highest BCUT2D eigenvalue weighted by molar-refractivity contribution is 6.17. The number of alkyl carbamates (subject to hydrolysis) is 1. The molecule has 1 saturated carbocycles. The first-order chi connectivity index (χ1) is 25.4. The number of ether oxygens (including phenoxy) is 1. The van der Waals surface area contributed by atoms with Gasteiger partial charge in [-0.3, -0.25) is 14.6 Å². The summed E-state index contributed by atoms with van der Waals surface area (Å²) in [7, 11) is 0. The highest BCUT2D eigenvalue weighted by Gasteiger charge is 2.38. The number of nitrogens with two attached hydrogens (primary N) is 1. The number of amides is 3. The smallest absolute Gasteiger partial charge is 0.475 e. The SMILES string of the molecule is Cc1ncccc1-c1ccc(C[C@H](N)C(=O)N(c2ccc(-c3nn[nH]n3)cc2)C(=O)[C@H]2CC[C@H](CNC(=O)OC(C)(C)C)CC2)cc1.O=C(O)C(F)(F)F. The van der Waals surface area contributed by atoms with E-state index in [0.717, 1.165) is 35.2 Å². The quantitative estimate of drug-likeness (QED) is 0.165. The lowest BCUT2D eigenvalue weighted by atomic mass is 9.81. The van der Waals surface area contributed by atoms with Gasteiger partial charge in [0.05, 0.1) is 11.7 Å². The number of aromatic amines is 1. The van der Waals surface area contributed by atoms with E-state index in [0.29, 0.717) is 36.5 Å². The standard InChI is InChI=1S/C35H42N8O4.C2HF3O2/c1-22-29(6-5-19-37-22)25-11-7-23(8-12-25)20-30(36)33(45)43(28-17-15-26(16-18-28)31-39-41-42-40-31)32(44)27-13-9-24(10-14-27)21-38-34(46)47-35(2,3)4;3-2(4,5)1(6)7/h5-8,11-12,15-19,24,27,30H,9-10,13-14,20-21,36H2,1-4H3,(H,38,46)(H,39,40,41,42);(H,6,7)/t24-,27-,30-;/m0./s1. The summed E-state index contributed by atoms with van der Waals surface area (Å²) in [5.41, 5.74) is 11.0. The number of aromatic nitrogens is 5. The second kappa shape index (κ2) is 17.9. The van der Waals surface area contributed by atoms with Gasteiger partial charge in [-0.2, -0.15) is 18.4 Å². The van der Waals surface area contributed by atoms with Crippen LogP contribution in [0.1, 0.15) is 57.7 Å². The molecule has 0 bridgehead atoms. The predicted octanol–water partition coefficient (Wildman–Crippen LogP) is 5.63. The molecule has 2 aromatic carbocycles. The van der Waals surface area contributed by atoms with Crippen molar-refractivity contribution in [3.05, 3.63) is 78.1 Å². The average molecular weight is 753 g/mol. The van der Waals surface area contributed by atoms with E-state index in [9.17, 15) is 27.6 Å². The molecule has 4 aromatic rings. The van der Waals surface area contributed by atoms with E-state index in [1.807, 2.05) is 64.1 Å². The minimum atomic E-state index is -5.08. The Bertz CT molecular complexity index is 1870. The Morgan fingerprint density at radius 1 is 0.981 bits per heavy atom. The molecule has 0 radical (unpaired) electrons. The van der Waals surface area contributed by atoms with Crippen molar-refractivity contribution >= 4 is 29.6 Å². The molecule has 288 valence electrons. The van der Waals surface area contributed by atoms with E-state index in [-0.39, 0.29) is 24.2 Å². The fraction of sp³-hybridized carbons (Fsp3) is 0.405. The van der Waals surface area contributed by atoms with Gasteiger partial charge in [-0.25, -0.2) is 14.5 Å². The first-order valence-electron chi connectivity index (χ1n) is 17.2. The van der Waals surface area contributed by atoms with Crippen LogP contribution in [-0.2, 0) is 25.5 Å². The molecule has 5 rings (SSSR count). The van der Waals surface area contributed by atoms with Gasteiger partial charge in [-0.1, -0.05) is 30.3 Å². The first-order valence-corrected chi connectivity index (χ1v) is 17.2. The number of nitrogens with zero attached hydrogens (tertiary/aromatic N) is 5. The van der Waals surface area contributed by atoms with Gasteiger partial charge >= 0.3 is 18.2 Å². The number of carboxylic acids is 1. The van der Waals surface area contributed by atoms with Gasteiger partial charge in [0.2, 0.25) is 11.7 Å². The second-order valence-corrected chi connectivity index (χ2v) is 13.8. The Kier molecular flexibility index (Phi) is 13.6. The van der Waals surface area contributed by atoms with Gasteiger partial charge in [0.1, 0.15) is 5.60 Å². The van der Waals surface area contributed by atoms with Crippen LogP contribution in [0.15, 0.2) is 66.9 Å². The summed E-state index contributed by atoms with van der Waals surface area (Å²) in [4.78, 5) is 54.7. The van der Waals surface area contributed by atoms with Gasteiger partial charge in [-0.05, 0) is 112 Å². The Morgan fingerprint density at radius 2 is 1.59 bits per heavy atom. The van der Waals surface area contributed by atoms with Crippen molar-refractivity contribution in [3.63, 3.8) is 0 Å². The number of halogens is 3. The van der Waals surface area contributed by atoms with E-state index in [2.05, 4.69) is 30.9 Å². The molecule has 0 aliphatic heterocycles. The third-order valence-electron chi connectivity index (χ3n) is 8.59. The number of imide groups is 1. The van der Waals surface area contributed by atoms with Crippen LogP contribution < -0.4 is 16.0 Å². The van der Waals surface area contributed by atoms with E-state index in [4.69, 9.17) is 20.4 Å². The van der Waals surface area contributed by atoms with Crippen molar-refractivity contribution in [1.29, 1.82) is 0 Å². The molecule has 1 aliphatic rings. The molecule has 5 N–H and O–H groups in total. The Balaban J connectivity index is 0.000000845. The molecule has 17 heteroatoms. The number of hydrogen-bond acceptors (Lipinski definition) is 10. The van der Waals surface area contributed by atoms with Crippen LogP contribution in [0.2, 0.25) is 0 Å². The third-order valence-corrected chi connectivity index (χ3v) is 8.59. The number of pyridine rings is 1. The Labute approximate surface area is 309 Å². The monoisotopic (exact) mass is 752 g/mol. The fourth-order valence-corrected chi connectivity index (χ4v) is 5.86. The largest absolute Gasteiger partial charge is 0.490 e. The van der Waals surface area contributed by atoms with Crippen molar-refractivity contribution in [1.82, 2.24) is 30.9 Å². The number of carbonyl (C=O) groups excluding carboxylic acids is 3. The molecule has 2 heterocycles. The number of aliphatic carboxylic acids is 1. The molecular weight excluding hydrogens is 709 g/mol. The zero-order chi connectivity index (χ0) is 39.6. The van der Waals surface area contributed by atoms with Crippen LogP contribution in [0, 0.1) is 18.8 Å². The van der Waals surface area contributed by atoms with Crippen LogP contribution in [0.3, 0.4) is 0 Å². The van der Waals surface area contributed by atoms with E-state index < -0.39 is 35.8 Å². The molecule has 14 nitrogen and oxygen atoms in total. The molecule has 1 fully saturated rings. The number of aryl methyl sites for hydroxylation is 1. The number of carbonyl (C=O) groups is 4. The number of alkyl halides is 3. The van der Waals surface area contributed by atoms with Crippen LogP contribution in [0.25, 0.3) is 22.5 Å². The maximum absolute atomic E-state index is 14.1. The number of rotatable bonds is 9. The highest BCUT2D eigenvalue weighted by atomic mass is 19.4. The summed E-state index contributed by atoms with van der Waals surface area (Å²) < 4.78 is 37.1. The van der Waals surface area contributed by atoms with Gasteiger partial charge < -0.3 is 20.9 Å². The van der Waals surface area contributed by atoms with Crippen LogP contribution in [0.4, 0.5) is 23.7 Å². The summed E-state index contributed by atoms with van der Waals surface area (Å²) in [5, 5.41) is 24.0. The van der Waals surface area contributed by atoms with Crippen molar-refractivity contribution < 1.29 is 42.2 Å². The topological polar surface area (TPSA) is 206 Å². The van der Waals surface area contributed by atoms with Gasteiger partial charge in [-0.15, -0.1) is 10.2 Å². The van der Waals surface area contributed by atoms with Crippen LogP contribution in [-0.4, -0.2) is 79.0 Å². The summed E-state index contributed by atoms with van der Waals surface area (Å²) in [5.74, 6) is -3.25. The van der Waals surface area contributed by atoms with Gasteiger partial charge in [0, 0.05) is 35.5 Å². The fourth-order valence-electron chi connectivity index (χ4n) is 5.86. The Morgan fingerprint density at radius 3 is 2.13 bits per heavy atom. The first kappa shape index (κ1) is 41.1. The van der Waals surface area contributed by atoms with Crippen LogP contribution >= 0.6 is 0 Å². The number of tetrazole rings is 1. The average Bonchev–Trinajstić information content (AvgIpc) is 3.66. The zero-order valence-corrected chi connectivity index (χ0v) is 30.3. The van der Waals surface area contributed by atoms with Gasteiger partial charge in [0.15, 0.2) is 0 Å². The minimum absolute atomic E-state index is 0.214. The molecule has 3 amide bonds. The lowest BCUT2D eigenvalue weighted by molar-refractivity contribution is -0.192. The molecule has 2 aromatic heterocycles. The second-order valence-electron chi connectivity index (χ2n) is 13.8. The Hall–Kier alpha value is -5.71. The molecule has 1 aliphatic carbocycles. The summed E-state index contributed by atoms with van der Waals surface area (Å²) in [6, 6.07) is 17.8. The maximum atomic E-state index is 14.1. The molecule has 0 spiro atoms. The normalized spacial score (nSPS) is 16.3. The van der Waals surface area contributed by atoms with E-state index in [1.165, 1.54) is 4.90 Å². The third kappa shape index (κ3) is 11.6. The van der Waals surface area contributed by atoms with Crippen LogP contribution in [0.5, 0.6) is 0 Å². The number of anilines is 1. The molecule has 0 saturated heterocycles. The molecule has 54 heavy (non-hydrogen) atoms. The highest BCUT2D eigenvalue weighted by Crippen LogP contribution is 2.32. The van der Waals surface area contributed by atoms with Crippen molar-refractivity contribution in [3.8, 4) is 22.5 Å². The number of benzene rings is 2. The number of nitrogens with one attached hydrogen (secondary N) is 2. The lowest BCUT2D eigenvalue weighted by Gasteiger charge is -2.32. The van der Waals surface area contributed by atoms with Crippen molar-refractivity contribution in [2.24, 2.45) is 17.6 Å².